The summed E-state index contributed by atoms with van der Waals surface area (Å²) in [4.78, 5) is 54.2. The maximum Gasteiger partial charge on any atom is 0.280 e. The molecule has 3 amide bonds. The summed E-state index contributed by atoms with van der Waals surface area (Å²) >= 11 is 21.3. The topological polar surface area (TPSA) is 328 Å². The first kappa shape index (κ1) is 68.7. The Bertz CT molecular complexity index is 4190. The lowest BCUT2D eigenvalue weighted by Crippen LogP contribution is -2.55. The highest BCUT2D eigenvalue weighted by molar-refractivity contribution is 7.87. The summed E-state index contributed by atoms with van der Waals surface area (Å²) in [6.07, 6.45) is 16.0. The third kappa shape index (κ3) is 16.0. The second-order valence-electron chi connectivity index (χ2n) is 21.1. The molecule has 0 radical (unpaired) electrons. The van der Waals surface area contributed by atoms with Crippen LogP contribution < -0.4 is 30.1 Å². The van der Waals surface area contributed by atoms with E-state index in [4.69, 9.17) is 34.8 Å². The van der Waals surface area contributed by atoms with Crippen molar-refractivity contribution in [3.8, 4) is 31.3 Å². The zero-order chi connectivity index (χ0) is 67.0. The number of nitrogens with one attached hydrogen (secondary N) is 6. The Morgan fingerprint density at radius 2 is 0.710 bits per heavy atom. The van der Waals surface area contributed by atoms with E-state index < -0.39 is 102 Å². The minimum atomic E-state index is -3.92. The van der Waals surface area contributed by atoms with E-state index in [9.17, 15) is 52.8 Å². The Morgan fingerprint density at radius 3 is 0.935 bits per heavy atom. The van der Waals surface area contributed by atoms with Crippen LogP contribution in [0.1, 0.15) is 52.4 Å². The molecule has 6 N–H and O–H groups in total. The van der Waals surface area contributed by atoms with E-state index in [1.165, 1.54) is 91.6 Å². The molecule has 0 spiro atoms. The van der Waals surface area contributed by atoms with Crippen LogP contribution >= 0.6 is 68.8 Å². The summed E-state index contributed by atoms with van der Waals surface area (Å²) < 4.78 is 132. The highest BCUT2D eigenvalue weighted by atomic mass is 35.5. The van der Waals surface area contributed by atoms with Crippen molar-refractivity contribution < 1.29 is 52.8 Å². The minimum absolute atomic E-state index is 0.146. The molecule has 12 rings (SSSR count). The van der Waals surface area contributed by atoms with Gasteiger partial charge in [-0.05, 0) is 73.9 Å². The first-order valence-corrected chi connectivity index (χ1v) is 35.2. The molecule has 0 saturated carbocycles. The predicted molar refractivity (Wildman–Crippen MR) is 346 cm³/mol. The normalized spacial score (nSPS) is 21.2. The molecule has 3 aromatic carbocycles. The summed E-state index contributed by atoms with van der Waals surface area (Å²) in [6, 6.07) is 6.22. The second kappa shape index (κ2) is 28.1. The SMILES string of the molecule is CN1C(C(=O)Nc2ccc(F)c(Cl)c2)CC(c2ncc(-c3cnn(C)c3)s2)NS1(=O)=O.CN1[C@@H](C(=O)Nc2ccc(F)c(Cl)c2)C[C@@H](c2ncc(-c3cnn(C)c3)s2)NS1(=O)=O.CN1[C@H](C(=O)Nc2ccc(F)c(Cl)c2)C[C@H](c2ncc(-c3cnn(C)c3)s2)NS1(=O)=O. The zero-order valence-electron chi connectivity index (χ0n) is 49.2. The molecule has 39 heteroatoms. The molecule has 3 aliphatic heterocycles. The van der Waals surface area contributed by atoms with Gasteiger partial charge in [0, 0.05) is 113 Å². The second-order valence-corrected chi connectivity index (χ2v) is 30.8. The number of anilines is 3. The van der Waals surface area contributed by atoms with E-state index in [0.29, 0.717) is 15.0 Å². The van der Waals surface area contributed by atoms with Crippen LogP contribution in [-0.4, -0.2) is 139 Å². The van der Waals surface area contributed by atoms with Gasteiger partial charge in [-0.15, -0.1) is 34.0 Å². The van der Waals surface area contributed by atoms with E-state index in [0.717, 1.165) is 62.4 Å². The number of halogens is 6. The van der Waals surface area contributed by atoms with Crippen molar-refractivity contribution in [1.82, 2.24) is 71.4 Å². The summed E-state index contributed by atoms with van der Waals surface area (Å²) in [5.74, 6) is -3.50. The maximum absolute atomic E-state index is 13.4. The molecule has 6 aromatic heterocycles. The predicted octanol–water partition coefficient (Wildman–Crippen LogP) is 7.66. The van der Waals surface area contributed by atoms with Crippen LogP contribution in [0.4, 0.5) is 30.2 Å². The van der Waals surface area contributed by atoms with Crippen molar-refractivity contribution in [1.29, 1.82) is 0 Å². The number of hydrogen-bond donors (Lipinski definition) is 6. The molecule has 0 bridgehead atoms. The molecule has 27 nitrogen and oxygen atoms in total. The first-order chi connectivity index (χ1) is 43.9. The smallest absolute Gasteiger partial charge is 0.280 e. The number of carbonyl (C=O) groups is 3. The van der Waals surface area contributed by atoms with Gasteiger partial charge in [0.2, 0.25) is 17.7 Å². The zero-order valence-corrected chi connectivity index (χ0v) is 56.4. The highest BCUT2D eigenvalue weighted by Crippen LogP contribution is 2.38. The van der Waals surface area contributed by atoms with Crippen LogP contribution in [0.2, 0.25) is 15.1 Å². The fourth-order valence-electron chi connectivity index (χ4n) is 9.61. The summed E-state index contributed by atoms with van der Waals surface area (Å²) in [5.41, 5.74) is 3.40. The molecule has 9 heterocycles. The van der Waals surface area contributed by atoms with Crippen LogP contribution in [0.25, 0.3) is 31.3 Å². The Morgan fingerprint density at radius 1 is 0.452 bits per heavy atom. The minimum Gasteiger partial charge on any atom is -0.325 e. The van der Waals surface area contributed by atoms with Gasteiger partial charge in [0.1, 0.15) is 50.6 Å². The fraction of sp³-hybridized carbons (Fsp3) is 0.278. The van der Waals surface area contributed by atoms with Gasteiger partial charge >= 0.3 is 0 Å². The maximum atomic E-state index is 13.4. The van der Waals surface area contributed by atoms with Crippen LogP contribution in [0.15, 0.2) is 110 Å². The quantitative estimate of drug-likeness (QED) is 0.0684. The average molecular weight is 1450 g/mol. The number of aryl methyl sites for hydroxylation is 3. The molecule has 9 aromatic rings. The van der Waals surface area contributed by atoms with E-state index in [1.54, 1.807) is 72.4 Å². The van der Waals surface area contributed by atoms with Crippen LogP contribution in [0.3, 0.4) is 0 Å². The van der Waals surface area contributed by atoms with Gasteiger partial charge in [0.15, 0.2) is 0 Å². The molecule has 0 aliphatic carbocycles. The number of aromatic nitrogens is 9. The number of carbonyl (C=O) groups excluding carboxylic acids is 3. The molecule has 492 valence electrons. The van der Waals surface area contributed by atoms with Gasteiger partial charge in [-0.1, -0.05) is 34.8 Å². The molecule has 3 fully saturated rings. The highest BCUT2D eigenvalue weighted by Gasteiger charge is 2.45. The van der Waals surface area contributed by atoms with Gasteiger partial charge in [0.05, 0.1) is 66.4 Å². The van der Waals surface area contributed by atoms with Gasteiger partial charge in [-0.25, -0.2) is 28.1 Å². The molecule has 3 aliphatic rings. The first-order valence-electron chi connectivity index (χ1n) is 27.3. The van der Waals surface area contributed by atoms with Crippen molar-refractivity contribution in [2.24, 2.45) is 21.1 Å². The fourth-order valence-corrected chi connectivity index (χ4v) is 17.0. The van der Waals surface area contributed by atoms with Crippen LogP contribution in [-0.2, 0) is 66.2 Å². The number of nitrogens with zero attached hydrogens (tertiary/aromatic N) is 12. The van der Waals surface area contributed by atoms with Crippen molar-refractivity contribution in [2.75, 3.05) is 37.1 Å². The third-order valence-electron chi connectivity index (χ3n) is 14.6. The van der Waals surface area contributed by atoms with Crippen molar-refractivity contribution in [2.45, 2.75) is 55.5 Å². The number of rotatable bonds is 12. The largest absolute Gasteiger partial charge is 0.325 e. The Kier molecular flexibility index (Phi) is 20.7. The Balaban J connectivity index is 0.000000153. The summed E-state index contributed by atoms with van der Waals surface area (Å²) in [6.45, 7) is 0. The molecule has 3 saturated heterocycles. The lowest BCUT2D eigenvalue weighted by Gasteiger charge is -2.35. The van der Waals surface area contributed by atoms with Crippen molar-refractivity contribution in [3.63, 3.8) is 0 Å². The Labute approximate surface area is 557 Å². The van der Waals surface area contributed by atoms with Crippen molar-refractivity contribution in [3.05, 3.63) is 158 Å². The summed E-state index contributed by atoms with van der Waals surface area (Å²) in [5, 5.41) is 21.4. The van der Waals surface area contributed by atoms with Gasteiger partial charge in [0.25, 0.3) is 30.6 Å². The third-order valence-corrected chi connectivity index (χ3v) is 23.7. The van der Waals surface area contributed by atoms with Crippen LogP contribution in [0, 0.1) is 17.5 Å². The average Bonchev–Trinajstić information content (AvgIpc) is 1.71. The molecule has 2 unspecified atom stereocenters. The summed E-state index contributed by atoms with van der Waals surface area (Å²) in [7, 11) is -2.41. The van der Waals surface area contributed by atoms with E-state index in [1.807, 2.05) is 18.6 Å². The number of amides is 3. The molecular weight excluding hydrogens is 1400 g/mol. The lowest BCUT2D eigenvalue weighted by atomic mass is 10.1. The van der Waals surface area contributed by atoms with E-state index in [-0.39, 0.29) is 51.4 Å². The number of likely N-dealkylation sites (N-methyl/N-ethyl adjacent to an activating group) is 3. The molecule has 93 heavy (non-hydrogen) atoms. The van der Waals surface area contributed by atoms with Crippen molar-refractivity contribution >= 4 is 134 Å². The standard InChI is InChI=1S/3C18H18ClFN6O3S2/c3*1-25-9-10(7-22-25)16-8-21-18(30-16)14-6-15(26(2)31(28,29)24-14)17(27)23-11-3-4-13(20)12(19)5-11/h3*3-5,7-9,14-15,24H,6H2,1-2H3,(H,23,27)/t2*14-,15+;/m10./s1. The Hall–Kier alpha value is -7.14. The van der Waals surface area contributed by atoms with E-state index >= 15 is 0 Å². The van der Waals surface area contributed by atoms with Gasteiger partial charge < -0.3 is 16.0 Å². The number of benzene rings is 3. The van der Waals surface area contributed by atoms with Gasteiger partial charge in [-0.2, -0.15) is 67.6 Å². The number of hydrogen-bond acceptors (Lipinski definition) is 18. The van der Waals surface area contributed by atoms with E-state index in [2.05, 4.69) is 60.4 Å². The number of thiazole rings is 3. The lowest BCUT2D eigenvalue weighted by molar-refractivity contribution is -0.120. The van der Waals surface area contributed by atoms with Gasteiger partial charge in [-0.3, -0.25) is 28.4 Å². The molecule has 6 atom stereocenters. The van der Waals surface area contributed by atoms with Crippen LogP contribution in [0.5, 0.6) is 0 Å². The molecular formula is C54H54Cl3F3N18O9S6. The monoisotopic (exact) mass is 1450 g/mol.